The van der Waals surface area contributed by atoms with Crippen LogP contribution in [0.4, 0.5) is 4.39 Å². The molecular weight excluding hydrogens is 261 g/mol. The summed E-state index contributed by atoms with van der Waals surface area (Å²) >= 11 is 0. The SMILES string of the molecule is CCCOC(=O)c1cc(F)cc(S(N)(=O)=O)c1C. The normalized spacial score (nSPS) is 11.3. The summed E-state index contributed by atoms with van der Waals surface area (Å²) in [6, 6.07) is 1.71. The first-order valence-corrected chi connectivity index (χ1v) is 6.82. The van der Waals surface area contributed by atoms with Crippen LogP contribution in [0.2, 0.25) is 0 Å². The Labute approximate surface area is 105 Å². The molecule has 0 aliphatic carbocycles. The molecule has 1 aromatic rings. The summed E-state index contributed by atoms with van der Waals surface area (Å²) in [5.74, 6) is -1.62. The molecule has 18 heavy (non-hydrogen) atoms. The summed E-state index contributed by atoms with van der Waals surface area (Å²) in [5, 5.41) is 4.95. The van der Waals surface area contributed by atoms with Crippen LogP contribution in [0.5, 0.6) is 0 Å². The number of ether oxygens (including phenoxy) is 1. The fourth-order valence-corrected chi connectivity index (χ4v) is 2.25. The Morgan fingerprint density at radius 3 is 2.56 bits per heavy atom. The van der Waals surface area contributed by atoms with Gasteiger partial charge in [0.1, 0.15) is 5.82 Å². The number of rotatable bonds is 4. The van der Waals surface area contributed by atoms with Gasteiger partial charge in [0.2, 0.25) is 10.0 Å². The smallest absolute Gasteiger partial charge is 0.338 e. The molecule has 0 aliphatic rings. The number of primary sulfonamides is 1. The van der Waals surface area contributed by atoms with Crippen LogP contribution in [-0.4, -0.2) is 21.0 Å². The summed E-state index contributed by atoms with van der Waals surface area (Å²) in [6.07, 6.45) is 0.613. The van der Waals surface area contributed by atoms with Gasteiger partial charge in [0.15, 0.2) is 0 Å². The molecule has 100 valence electrons. The summed E-state index contributed by atoms with van der Waals surface area (Å²) in [7, 11) is -4.08. The Morgan fingerprint density at radius 1 is 1.44 bits per heavy atom. The fraction of sp³-hybridized carbons (Fsp3) is 0.364. The lowest BCUT2D eigenvalue weighted by molar-refractivity contribution is 0.0503. The van der Waals surface area contributed by atoms with Crippen molar-refractivity contribution in [1.29, 1.82) is 0 Å². The van der Waals surface area contributed by atoms with Crippen LogP contribution in [0, 0.1) is 12.7 Å². The number of halogens is 1. The van der Waals surface area contributed by atoms with Crippen LogP contribution in [0.3, 0.4) is 0 Å². The average Bonchev–Trinajstić information content (AvgIpc) is 2.27. The second-order valence-corrected chi connectivity index (χ2v) is 5.29. The van der Waals surface area contributed by atoms with E-state index in [0.717, 1.165) is 12.1 Å². The molecule has 5 nitrogen and oxygen atoms in total. The number of hydrogen-bond donors (Lipinski definition) is 1. The van der Waals surface area contributed by atoms with Crippen molar-refractivity contribution in [3.05, 3.63) is 29.1 Å². The van der Waals surface area contributed by atoms with Crippen molar-refractivity contribution in [1.82, 2.24) is 0 Å². The van der Waals surface area contributed by atoms with Gasteiger partial charge in [0.05, 0.1) is 17.1 Å². The van der Waals surface area contributed by atoms with Gasteiger partial charge >= 0.3 is 5.97 Å². The second kappa shape index (κ2) is 5.45. The molecule has 0 radical (unpaired) electrons. The molecule has 1 rings (SSSR count). The summed E-state index contributed by atoms with van der Waals surface area (Å²) in [4.78, 5) is 11.2. The topological polar surface area (TPSA) is 86.5 Å². The quantitative estimate of drug-likeness (QED) is 0.840. The lowest BCUT2D eigenvalue weighted by Crippen LogP contribution is -2.17. The molecule has 0 saturated carbocycles. The van der Waals surface area contributed by atoms with Crippen LogP contribution in [0.15, 0.2) is 17.0 Å². The Hall–Kier alpha value is -1.47. The first-order valence-electron chi connectivity index (χ1n) is 5.27. The van der Waals surface area contributed by atoms with Gasteiger partial charge < -0.3 is 4.74 Å². The predicted octanol–water partition coefficient (Wildman–Crippen LogP) is 1.35. The van der Waals surface area contributed by atoms with Crippen molar-refractivity contribution < 1.29 is 22.3 Å². The van der Waals surface area contributed by atoms with Crippen LogP contribution in [0.25, 0.3) is 0 Å². The number of carbonyl (C=O) groups is 1. The third-order valence-corrected chi connectivity index (χ3v) is 3.33. The first-order chi connectivity index (χ1) is 8.27. The van der Waals surface area contributed by atoms with Crippen molar-refractivity contribution in [2.75, 3.05) is 6.61 Å². The van der Waals surface area contributed by atoms with Gasteiger partial charge in [-0.25, -0.2) is 22.7 Å². The second-order valence-electron chi connectivity index (χ2n) is 3.76. The Kier molecular flexibility index (Phi) is 4.42. The molecular formula is C11H14FNO4S. The third kappa shape index (κ3) is 3.27. The molecule has 0 atom stereocenters. The van der Waals surface area contributed by atoms with Crippen molar-refractivity contribution in [2.45, 2.75) is 25.2 Å². The van der Waals surface area contributed by atoms with E-state index in [1.165, 1.54) is 6.92 Å². The zero-order chi connectivity index (χ0) is 13.9. The molecule has 7 heteroatoms. The highest BCUT2D eigenvalue weighted by atomic mass is 32.2. The highest BCUT2D eigenvalue weighted by molar-refractivity contribution is 7.89. The minimum absolute atomic E-state index is 0.0833. The van der Waals surface area contributed by atoms with Gasteiger partial charge in [-0.1, -0.05) is 6.92 Å². The van der Waals surface area contributed by atoms with Crippen molar-refractivity contribution >= 4 is 16.0 Å². The van der Waals surface area contributed by atoms with Gasteiger partial charge in [-0.15, -0.1) is 0 Å². The van der Waals surface area contributed by atoms with Crippen LogP contribution in [-0.2, 0) is 14.8 Å². The molecule has 0 unspecified atom stereocenters. The van der Waals surface area contributed by atoms with Gasteiger partial charge in [0.25, 0.3) is 0 Å². The predicted molar refractivity (Wildman–Crippen MR) is 63.1 cm³/mol. The van der Waals surface area contributed by atoms with Crippen molar-refractivity contribution in [3.8, 4) is 0 Å². The fourth-order valence-electron chi connectivity index (χ4n) is 1.43. The van der Waals surface area contributed by atoms with E-state index < -0.39 is 26.7 Å². The molecule has 1 aromatic carbocycles. The minimum atomic E-state index is -4.08. The van der Waals surface area contributed by atoms with Crippen LogP contribution in [0.1, 0.15) is 29.3 Å². The number of nitrogens with two attached hydrogens (primary N) is 1. The third-order valence-electron chi connectivity index (χ3n) is 2.29. The zero-order valence-electron chi connectivity index (χ0n) is 10.1. The van der Waals surface area contributed by atoms with E-state index in [1.807, 2.05) is 6.92 Å². The van der Waals surface area contributed by atoms with E-state index in [9.17, 15) is 17.6 Å². The van der Waals surface area contributed by atoms with Crippen molar-refractivity contribution in [3.63, 3.8) is 0 Å². The van der Waals surface area contributed by atoms with Gasteiger partial charge in [0, 0.05) is 0 Å². The molecule has 0 amide bonds. The average molecular weight is 275 g/mol. The Bertz CT molecular complexity index is 569. The molecule has 2 N–H and O–H groups in total. The maximum absolute atomic E-state index is 13.3. The Morgan fingerprint density at radius 2 is 2.06 bits per heavy atom. The molecule has 0 aromatic heterocycles. The van der Waals surface area contributed by atoms with E-state index in [4.69, 9.17) is 9.88 Å². The number of esters is 1. The number of sulfonamides is 1. The van der Waals surface area contributed by atoms with Crippen LogP contribution < -0.4 is 5.14 Å². The number of hydrogen-bond acceptors (Lipinski definition) is 4. The van der Waals surface area contributed by atoms with Gasteiger partial charge in [-0.2, -0.15) is 0 Å². The van der Waals surface area contributed by atoms with Gasteiger partial charge in [-0.3, -0.25) is 0 Å². The lowest BCUT2D eigenvalue weighted by atomic mass is 10.1. The molecule has 0 heterocycles. The minimum Gasteiger partial charge on any atom is -0.462 e. The molecule has 0 spiro atoms. The maximum atomic E-state index is 13.3. The number of carbonyl (C=O) groups excluding carboxylic acids is 1. The first kappa shape index (κ1) is 14.6. The highest BCUT2D eigenvalue weighted by Crippen LogP contribution is 2.20. The zero-order valence-corrected chi connectivity index (χ0v) is 10.9. The molecule has 0 aliphatic heterocycles. The number of benzene rings is 1. The molecule has 0 fully saturated rings. The van der Waals surface area contributed by atoms with Crippen molar-refractivity contribution in [2.24, 2.45) is 5.14 Å². The molecule has 0 bridgehead atoms. The summed E-state index contributed by atoms with van der Waals surface area (Å²) in [6.45, 7) is 3.36. The largest absolute Gasteiger partial charge is 0.462 e. The summed E-state index contributed by atoms with van der Waals surface area (Å²) < 4.78 is 40.6. The van der Waals surface area contributed by atoms with E-state index in [0.29, 0.717) is 6.42 Å². The standard InChI is InChI=1S/C11H14FNO4S/c1-3-4-17-11(14)9-5-8(12)6-10(7(9)2)18(13,15)16/h5-6H,3-4H2,1-2H3,(H2,13,15,16). The van der Waals surface area contributed by atoms with Crippen LogP contribution >= 0.6 is 0 Å². The monoisotopic (exact) mass is 275 g/mol. The van der Waals surface area contributed by atoms with Gasteiger partial charge in [-0.05, 0) is 31.0 Å². The molecule has 0 saturated heterocycles. The van der Waals surface area contributed by atoms with E-state index >= 15 is 0 Å². The maximum Gasteiger partial charge on any atom is 0.338 e. The van der Waals surface area contributed by atoms with E-state index in [2.05, 4.69) is 0 Å². The highest BCUT2D eigenvalue weighted by Gasteiger charge is 2.20. The van der Waals surface area contributed by atoms with E-state index in [1.54, 1.807) is 0 Å². The Balaban J connectivity index is 3.30. The summed E-state index contributed by atoms with van der Waals surface area (Å²) in [5.41, 5.74) is -0.0486. The lowest BCUT2D eigenvalue weighted by Gasteiger charge is -2.10. The van der Waals surface area contributed by atoms with E-state index in [-0.39, 0.29) is 17.7 Å².